The molecule has 0 spiro atoms. The van der Waals surface area contributed by atoms with Crippen LogP contribution in [0.15, 0.2) is 48.5 Å². The summed E-state index contributed by atoms with van der Waals surface area (Å²) >= 11 is 0. The smallest absolute Gasteiger partial charge is 0.244 e. The number of nitrogens with one attached hydrogen (secondary N) is 1. The molecule has 30 heavy (non-hydrogen) atoms. The molecule has 0 saturated heterocycles. The van der Waals surface area contributed by atoms with E-state index in [1.54, 1.807) is 26.0 Å². The zero-order valence-corrected chi connectivity index (χ0v) is 18.9. The second-order valence-corrected chi connectivity index (χ2v) is 9.26. The number of rotatable bonds is 8. The van der Waals surface area contributed by atoms with Crippen molar-refractivity contribution in [3.8, 4) is 0 Å². The number of benzene rings is 2. The molecule has 0 aliphatic rings. The maximum Gasteiger partial charge on any atom is 0.244 e. The van der Waals surface area contributed by atoms with Crippen molar-refractivity contribution in [1.29, 1.82) is 0 Å². The fraction of sp³-hybridized carbons (Fsp3) is 0.364. The summed E-state index contributed by atoms with van der Waals surface area (Å²) < 4.78 is 26.1. The Morgan fingerprint density at radius 2 is 1.70 bits per heavy atom. The Morgan fingerprint density at radius 1 is 1.07 bits per heavy atom. The molecular weight excluding hydrogens is 402 g/mol. The van der Waals surface area contributed by atoms with Gasteiger partial charge in [-0.15, -0.1) is 0 Å². The van der Waals surface area contributed by atoms with Crippen LogP contribution in [0.4, 0.5) is 5.69 Å². The fourth-order valence-electron chi connectivity index (χ4n) is 3.25. The summed E-state index contributed by atoms with van der Waals surface area (Å²) in [5, 5.41) is 2.55. The van der Waals surface area contributed by atoms with Crippen LogP contribution in [0.3, 0.4) is 0 Å². The van der Waals surface area contributed by atoms with E-state index >= 15 is 0 Å². The van der Waals surface area contributed by atoms with E-state index in [4.69, 9.17) is 0 Å². The van der Waals surface area contributed by atoms with E-state index in [0.29, 0.717) is 5.69 Å². The average molecular weight is 432 g/mol. The molecule has 8 heteroatoms. The summed E-state index contributed by atoms with van der Waals surface area (Å²) in [6, 6.07) is 13.9. The number of sulfonamides is 1. The highest BCUT2D eigenvalue weighted by molar-refractivity contribution is 7.92. The second-order valence-electron chi connectivity index (χ2n) is 7.36. The molecule has 2 amide bonds. The van der Waals surface area contributed by atoms with Gasteiger partial charge in [0.25, 0.3) is 0 Å². The van der Waals surface area contributed by atoms with Gasteiger partial charge in [0.15, 0.2) is 0 Å². The molecule has 0 aromatic heterocycles. The van der Waals surface area contributed by atoms with Crippen LogP contribution in [0.5, 0.6) is 0 Å². The topological polar surface area (TPSA) is 86.8 Å². The summed E-state index contributed by atoms with van der Waals surface area (Å²) in [5.41, 5.74) is 3.04. The van der Waals surface area contributed by atoms with Crippen LogP contribution in [0.25, 0.3) is 0 Å². The zero-order valence-electron chi connectivity index (χ0n) is 18.0. The molecule has 162 valence electrons. The third-order valence-electron chi connectivity index (χ3n) is 4.91. The maximum atomic E-state index is 13.3. The van der Waals surface area contributed by atoms with E-state index in [1.807, 2.05) is 43.3 Å². The first kappa shape index (κ1) is 23.4. The van der Waals surface area contributed by atoms with Crippen molar-refractivity contribution in [3.05, 3.63) is 65.2 Å². The van der Waals surface area contributed by atoms with Gasteiger partial charge in [-0.3, -0.25) is 13.9 Å². The Balaban J connectivity index is 2.39. The molecule has 0 saturated carbocycles. The van der Waals surface area contributed by atoms with Crippen LogP contribution < -0.4 is 9.62 Å². The Hall–Kier alpha value is -2.87. The fourth-order valence-corrected chi connectivity index (χ4v) is 4.16. The molecule has 0 aliphatic carbocycles. The Labute approximate surface area is 178 Å². The van der Waals surface area contributed by atoms with Crippen molar-refractivity contribution in [1.82, 2.24) is 10.2 Å². The van der Waals surface area contributed by atoms with Gasteiger partial charge >= 0.3 is 0 Å². The number of hydrogen-bond acceptors (Lipinski definition) is 4. The van der Waals surface area contributed by atoms with Crippen LogP contribution in [0.2, 0.25) is 0 Å². The Bertz CT molecular complexity index is 1010. The van der Waals surface area contributed by atoms with Crippen molar-refractivity contribution >= 4 is 27.5 Å². The van der Waals surface area contributed by atoms with Gasteiger partial charge in [-0.2, -0.15) is 0 Å². The summed E-state index contributed by atoms with van der Waals surface area (Å²) in [7, 11) is -2.22. The molecule has 1 N–H and O–H groups in total. The number of hydrogen-bond donors (Lipinski definition) is 1. The van der Waals surface area contributed by atoms with Crippen molar-refractivity contribution in [2.75, 3.05) is 24.2 Å². The first-order valence-corrected chi connectivity index (χ1v) is 11.5. The van der Waals surface area contributed by atoms with Crippen LogP contribution in [-0.2, 0) is 26.2 Å². The van der Waals surface area contributed by atoms with Gasteiger partial charge in [0.1, 0.15) is 12.6 Å². The molecule has 0 fully saturated rings. The second kappa shape index (κ2) is 9.75. The van der Waals surface area contributed by atoms with Gasteiger partial charge in [-0.1, -0.05) is 48.0 Å². The van der Waals surface area contributed by atoms with E-state index in [9.17, 15) is 18.0 Å². The number of nitrogens with zero attached hydrogens (tertiary/aromatic N) is 2. The quantitative estimate of drug-likeness (QED) is 0.694. The van der Waals surface area contributed by atoms with Crippen LogP contribution >= 0.6 is 0 Å². The van der Waals surface area contributed by atoms with Crippen molar-refractivity contribution in [2.45, 2.75) is 33.4 Å². The standard InChI is InChI=1S/C22H29N3O4S/c1-16-11-12-20(17(2)13-16)25(30(5,28)29)15-21(26)24(18(3)22(27)23-4)14-19-9-7-6-8-10-19/h6-13,18H,14-15H2,1-5H3,(H,23,27)/t18-/m1/s1. The molecule has 0 heterocycles. The van der Waals surface area contributed by atoms with E-state index < -0.39 is 28.5 Å². The largest absolute Gasteiger partial charge is 0.357 e. The van der Waals surface area contributed by atoms with Gasteiger partial charge in [0.2, 0.25) is 21.8 Å². The monoisotopic (exact) mass is 431 g/mol. The lowest BCUT2D eigenvalue weighted by atomic mass is 10.1. The van der Waals surface area contributed by atoms with Crippen LogP contribution in [0, 0.1) is 13.8 Å². The lowest BCUT2D eigenvalue weighted by Gasteiger charge is -2.31. The van der Waals surface area contributed by atoms with E-state index in [-0.39, 0.29) is 12.5 Å². The Morgan fingerprint density at radius 3 is 2.23 bits per heavy atom. The SMILES string of the molecule is CNC(=O)[C@@H](C)N(Cc1ccccc1)C(=O)CN(c1ccc(C)cc1C)S(C)(=O)=O. The molecule has 2 rings (SSSR count). The van der Waals surface area contributed by atoms with Crippen molar-refractivity contribution in [2.24, 2.45) is 0 Å². The highest BCUT2D eigenvalue weighted by Gasteiger charge is 2.30. The molecule has 0 unspecified atom stereocenters. The number of anilines is 1. The minimum absolute atomic E-state index is 0.193. The third-order valence-corrected chi connectivity index (χ3v) is 6.04. The zero-order chi connectivity index (χ0) is 22.5. The lowest BCUT2D eigenvalue weighted by Crippen LogP contribution is -2.50. The molecule has 0 aliphatic heterocycles. The highest BCUT2D eigenvalue weighted by atomic mass is 32.2. The van der Waals surface area contributed by atoms with Crippen LogP contribution in [0.1, 0.15) is 23.6 Å². The minimum atomic E-state index is -3.72. The van der Waals surface area contributed by atoms with Crippen LogP contribution in [-0.4, -0.2) is 51.0 Å². The average Bonchev–Trinajstić information content (AvgIpc) is 2.69. The van der Waals surface area contributed by atoms with E-state index in [1.165, 1.54) is 11.9 Å². The predicted molar refractivity (Wildman–Crippen MR) is 119 cm³/mol. The van der Waals surface area contributed by atoms with Crippen molar-refractivity contribution < 1.29 is 18.0 Å². The summed E-state index contributed by atoms with van der Waals surface area (Å²) in [6.45, 7) is 5.15. The maximum absolute atomic E-state index is 13.3. The first-order valence-electron chi connectivity index (χ1n) is 9.64. The first-order chi connectivity index (χ1) is 14.0. The van der Waals surface area contributed by atoms with E-state index in [2.05, 4.69) is 5.32 Å². The van der Waals surface area contributed by atoms with E-state index in [0.717, 1.165) is 27.3 Å². The predicted octanol–water partition coefficient (Wildman–Crippen LogP) is 2.23. The number of amides is 2. The van der Waals surface area contributed by atoms with Gasteiger partial charge in [-0.05, 0) is 38.0 Å². The summed E-state index contributed by atoms with van der Waals surface area (Å²) in [6.07, 6.45) is 1.07. The highest BCUT2D eigenvalue weighted by Crippen LogP contribution is 2.24. The van der Waals surface area contributed by atoms with Gasteiger partial charge in [0, 0.05) is 13.6 Å². The number of carbonyl (C=O) groups is 2. The number of carbonyl (C=O) groups excluding carboxylic acids is 2. The number of aryl methyl sites for hydroxylation is 2. The molecule has 7 nitrogen and oxygen atoms in total. The minimum Gasteiger partial charge on any atom is -0.357 e. The molecule has 1 atom stereocenters. The summed E-state index contributed by atoms with van der Waals surface area (Å²) in [4.78, 5) is 26.9. The lowest BCUT2D eigenvalue weighted by molar-refractivity contribution is -0.139. The van der Waals surface area contributed by atoms with Gasteiger partial charge < -0.3 is 10.2 Å². The summed E-state index contributed by atoms with van der Waals surface area (Å²) in [5.74, 6) is -0.781. The third kappa shape index (κ3) is 5.82. The molecule has 0 radical (unpaired) electrons. The molecule has 0 bridgehead atoms. The van der Waals surface area contributed by atoms with Gasteiger partial charge in [-0.25, -0.2) is 8.42 Å². The van der Waals surface area contributed by atoms with Gasteiger partial charge in [0.05, 0.1) is 11.9 Å². The molecule has 2 aromatic carbocycles. The normalized spacial score (nSPS) is 12.2. The molecular formula is C22H29N3O4S. The number of likely N-dealkylation sites (N-methyl/N-ethyl adjacent to an activating group) is 1. The Kier molecular flexibility index (Phi) is 7.61. The molecule has 2 aromatic rings. The van der Waals surface area contributed by atoms with Crippen molar-refractivity contribution in [3.63, 3.8) is 0 Å².